The van der Waals surface area contributed by atoms with E-state index in [1.165, 1.54) is 6.33 Å². The summed E-state index contributed by atoms with van der Waals surface area (Å²) in [5.74, 6) is 0.411. The molecule has 26 heavy (non-hydrogen) atoms. The lowest BCUT2D eigenvalue weighted by Crippen LogP contribution is -2.25. The first-order valence-electron chi connectivity index (χ1n) is 8.35. The molecule has 1 amide bonds. The number of rotatable bonds is 6. The Labute approximate surface area is 157 Å². The molecule has 1 N–H and O–H groups in total. The van der Waals surface area contributed by atoms with Crippen LogP contribution in [0.15, 0.2) is 67.0 Å². The average molecular weight is 367 g/mol. The largest absolute Gasteiger partial charge is 0.347 e. The van der Waals surface area contributed by atoms with E-state index in [0.717, 1.165) is 17.8 Å². The molecule has 0 aliphatic heterocycles. The van der Waals surface area contributed by atoms with Crippen molar-refractivity contribution in [1.82, 2.24) is 15.3 Å². The number of benzene rings is 2. The minimum atomic E-state index is -0.266. The number of nitrogens with one attached hydrogen (secondary N) is 1. The number of carbonyl (C=O) groups is 1. The maximum Gasteiger partial charge on any atom is 0.270 e. The fraction of sp³-hybridized carbons (Fsp3) is 0.150. The lowest BCUT2D eigenvalue weighted by Gasteiger charge is -2.22. The highest BCUT2D eigenvalue weighted by atomic mass is 35.5. The molecule has 1 aromatic heterocycles. The number of aromatic nitrogens is 2. The maximum absolute atomic E-state index is 12.5. The van der Waals surface area contributed by atoms with Crippen molar-refractivity contribution in [2.45, 2.75) is 13.5 Å². The Balaban J connectivity index is 1.76. The zero-order valence-corrected chi connectivity index (χ0v) is 15.1. The van der Waals surface area contributed by atoms with Crippen LogP contribution < -0.4 is 10.2 Å². The van der Waals surface area contributed by atoms with Gasteiger partial charge in [-0.3, -0.25) is 4.79 Å². The highest BCUT2D eigenvalue weighted by Crippen LogP contribution is 2.23. The second kappa shape index (κ2) is 8.45. The van der Waals surface area contributed by atoms with Crippen molar-refractivity contribution in [2.24, 2.45) is 0 Å². The smallest absolute Gasteiger partial charge is 0.270 e. The normalized spacial score (nSPS) is 10.4. The van der Waals surface area contributed by atoms with Crippen molar-refractivity contribution in [3.8, 4) is 0 Å². The number of para-hydroxylation sites is 1. The Hall–Kier alpha value is -2.92. The summed E-state index contributed by atoms with van der Waals surface area (Å²) in [5.41, 5.74) is 2.18. The topological polar surface area (TPSA) is 58.1 Å². The van der Waals surface area contributed by atoms with E-state index >= 15 is 0 Å². The highest BCUT2D eigenvalue weighted by molar-refractivity contribution is 6.31. The molecule has 6 heteroatoms. The summed E-state index contributed by atoms with van der Waals surface area (Å²) in [4.78, 5) is 22.9. The number of nitrogens with zero attached hydrogens (tertiary/aromatic N) is 3. The Kier molecular flexibility index (Phi) is 5.81. The van der Waals surface area contributed by atoms with Crippen LogP contribution >= 0.6 is 11.6 Å². The minimum Gasteiger partial charge on any atom is -0.347 e. The number of halogens is 1. The van der Waals surface area contributed by atoms with E-state index in [4.69, 9.17) is 11.6 Å². The fourth-order valence-electron chi connectivity index (χ4n) is 2.61. The van der Waals surface area contributed by atoms with Gasteiger partial charge in [-0.25, -0.2) is 9.97 Å². The van der Waals surface area contributed by atoms with Crippen LogP contribution in [0.2, 0.25) is 5.02 Å². The average Bonchev–Trinajstić information content (AvgIpc) is 2.69. The second-order valence-corrected chi connectivity index (χ2v) is 6.02. The molecular formula is C20H19ClN4O. The number of hydrogen-bond donors (Lipinski definition) is 1. The minimum absolute atomic E-state index is 0.266. The maximum atomic E-state index is 12.5. The number of amides is 1. The lowest BCUT2D eigenvalue weighted by molar-refractivity contribution is 0.0946. The molecule has 0 radical (unpaired) electrons. The van der Waals surface area contributed by atoms with Crippen LogP contribution in [-0.4, -0.2) is 22.4 Å². The van der Waals surface area contributed by atoms with Gasteiger partial charge in [-0.15, -0.1) is 0 Å². The van der Waals surface area contributed by atoms with Gasteiger partial charge in [-0.05, 0) is 30.7 Å². The summed E-state index contributed by atoms with van der Waals surface area (Å²) in [6.07, 6.45) is 1.41. The second-order valence-electron chi connectivity index (χ2n) is 5.62. The molecule has 132 valence electrons. The zero-order chi connectivity index (χ0) is 18.4. The molecule has 0 aliphatic rings. The van der Waals surface area contributed by atoms with Crippen LogP contribution in [0.5, 0.6) is 0 Å². The molecule has 0 unspecified atom stereocenters. The molecule has 3 rings (SSSR count). The van der Waals surface area contributed by atoms with Crippen molar-refractivity contribution in [3.63, 3.8) is 0 Å². The van der Waals surface area contributed by atoms with E-state index in [1.807, 2.05) is 60.4 Å². The number of hydrogen-bond acceptors (Lipinski definition) is 4. The Morgan fingerprint density at radius 2 is 1.81 bits per heavy atom. The predicted octanol–water partition coefficient (Wildman–Crippen LogP) is 4.22. The first kappa shape index (κ1) is 17.9. The van der Waals surface area contributed by atoms with Gasteiger partial charge in [0.25, 0.3) is 5.91 Å². The number of carbonyl (C=O) groups excluding carboxylic acids is 1. The molecule has 0 aliphatic carbocycles. The van der Waals surface area contributed by atoms with Gasteiger partial charge in [-0.1, -0.05) is 48.0 Å². The van der Waals surface area contributed by atoms with E-state index in [1.54, 1.807) is 12.1 Å². The van der Waals surface area contributed by atoms with Crippen LogP contribution in [0.25, 0.3) is 0 Å². The van der Waals surface area contributed by atoms with Crippen molar-refractivity contribution in [1.29, 1.82) is 0 Å². The van der Waals surface area contributed by atoms with Gasteiger partial charge >= 0.3 is 0 Å². The van der Waals surface area contributed by atoms with Crippen molar-refractivity contribution in [2.75, 3.05) is 11.4 Å². The monoisotopic (exact) mass is 366 g/mol. The molecule has 1 heterocycles. The first-order chi connectivity index (χ1) is 12.7. The van der Waals surface area contributed by atoms with Crippen LogP contribution in [0.1, 0.15) is 23.0 Å². The molecule has 3 aromatic rings. The van der Waals surface area contributed by atoms with Gasteiger partial charge in [0.05, 0.1) is 0 Å². The quantitative estimate of drug-likeness (QED) is 0.709. The SMILES string of the molecule is CCN(c1ccccc1)c1cc(C(=O)NCc2ccccc2Cl)ncn1. The Morgan fingerprint density at radius 1 is 1.08 bits per heavy atom. The summed E-state index contributed by atoms with van der Waals surface area (Å²) < 4.78 is 0. The molecule has 0 bridgehead atoms. The van der Waals surface area contributed by atoms with E-state index in [9.17, 15) is 4.79 Å². The lowest BCUT2D eigenvalue weighted by atomic mass is 10.2. The van der Waals surface area contributed by atoms with Gasteiger partial charge < -0.3 is 10.2 Å². The standard InChI is InChI=1S/C20H19ClN4O/c1-2-25(16-9-4-3-5-10-16)19-12-18(23-14-24-19)20(26)22-13-15-8-6-7-11-17(15)21/h3-12,14H,2,13H2,1H3,(H,22,26). The van der Waals surface area contributed by atoms with Crippen LogP contribution in [0.4, 0.5) is 11.5 Å². The first-order valence-corrected chi connectivity index (χ1v) is 8.73. The van der Waals surface area contributed by atoms with Crippen LogP contribution in [-0.2, 0) is 6.54 Å². The third kappa shape index (κ3) is 4.18. The summed E-state index contributed by atoms with van der Waals surface area (Å²) in [6.45, 7) is 3.10. The summed E-state index contributed by atoms with van der Waals surface area (Å²) in [7, 11) is 0. The molecule has 0 atom stereocenters. The van der Waals surface area contributed by atoms with Gasteiger partial charge in [0.2, 0.25) is 0 Å². The van der Waals surface area contributed by atoms with Gasteiger partial charge in [-0.2, -0.15) is 0 Å². The fourth-order valence-corrected chi connectivity index (χ4v) is 2.81. The van der Waals surface area contributed by atoms with E-state index in [-0.39, 0.29) is 5.91 Å². The molecule has 0 fully saturated rings. The number of anilines is 2. The molecule has 0 saturated carbocycles. The van der Waals surface area contributed by atoms with Crippen molar-refractivity contribution >= 4 is 29.0 Å². The van der Waals surface area contributed by atoms with Gasteiger partial charge in [0, 0.05) is 29.9 Å². The molecule has 0 saturated heterocycles. The molecule has 2 aromatic carbocycles. The van der Waals surface area contributed by atoms with Gasteiger partial charge in [0.15, 0.2) is 0 Å². The highest BCUT2D eigenvalue weighted by Gasteiger charge is 2.13. The predicted molar refractivity (Wildman–Crippen MR) is 104 cm³/mol. The summed E-state index contributed by atoms with van der Waals surface area (Å²) >= 11 is 6.12. The third-order valence-corrected chi connectivity index (χ3v) is 4.31. The zero-order valence-electron chi connectivity index (χ0n) is 14.4. The van der Waals surface area contributed by atoms with Crippen molar-refractivity contribution in [3.05, 3.63) is 83.3 Å². The summed E-state index contributed by atoms with van der Waals surface area (Å²) in [5, 5.41) is 3.47. The molecular weight excluding hydrogens is 348 g/mol. The summed E-state index contributed by atoms with van der Waals surface area (Å²) in [6, 6.07) is 19.0. The van der Waals surface area contributed by atoms with Crippen LogP contribution in [0.3, 0.4) is 0 Å². The van der Waals surface area contributed by atoms with Crippen molar-refractivity contribution < 1.29 is 4.79 Å². The molecule has 5 nitrogen and oxygen atoms in total. The van der Waals surface area contributed by atoms with Crippen LogP contribution in [0, 0.1) is 0 Å². The van der Waals surface area contributed by atoms with E-state index in [0.29, 0.717) is 23.1 Å². The van der Waals surface area contributed by atoms with E-state index in [2.05, 4.69) is 15.3 Å². The van der Waals surface area contributed by atoms with Gasteiger partial charge in [0.1, 0.15) is 17.8 Å². The molecule has 0 spiro atoms. The van der Waals surface area contributed by atoms with E-state index < -0.39 is 0 Å². The Morgan fingerprint density at radius 3 is 2.54 bits per heavy atom. The Bertz CT molecular complexity index is 886. The third-order valence-electron chi connectivity index (χ3n) is 3.94.